The molecule has 0 bridgehead atoms. The number of rotatable bonds is 1. The van der Waals surface area contributed by atoms with E-state index in [0.717, 1.165) is 11.3 Å². The van der Waals surface area contributed by atoms with Crippen LogP contribution in [0.1, 0.15) is 5.56 Å². The van der Waals surface area contributed by atoms with Crippen molar-refractivity contribution in [1.82, 2.24) is 4.90 Å². The summed E-state index contributed by atoms with van der Waals surface area (Å²) >= 11 is 0. The summed E-state index contributed by atoms with van der Waals surface area (Å²) in [5.74, 6) is 0. The molecule has 14 heavy (non-hydrogen) atoms. The lowest BCUT2D eigenvalue weighted by atomic mass is 10.2. The Bertz CT molecular complexity index is 501. The van der Waals surface area contributed by atoms with E-state index >= 15 is 0 Å². The fourth-order valence-electron chi connectivity index (χ4n) is 1.55. The normalized spacial score (nSPS) is 17.4. The predicted octanol–water partition coefficient (Wildman–Crippen LogP) is 1.33. The van der Waals surface area contributed by atoms with Crippen LogP contribution in [-0.4, -0.2) is 27.4 Å². The summed E-state index contributed by atoms with van der Waals surface area (Å²) < 4.78 is 23.3. The van der Waals surface area contributed by atoms with Crippen molar-refractivity contribution in [3.63, 3.8) is 0 Å². The van der Waals surface area contributed by atoms with E-state index < -0.39 is 9.84 Å². The van der Waals surface area contributed by atoms with Crippen LogP contribution in [0.4, 0.5) is 0 Å². The monoisotopic (exact) mass is 209 g/mol. The van der Waals surface area contributed by atoms with Gasteiger partial charge in [-0.1, -0.05) is 18.2 Å². The van der Waals surface area contributed by atoms with Crippen molar-refractivity contribution in [2.24, 2.45) is 0 Å². The molecular formula is C10H11NO2S. The molecule has 0 radical (unpaired) electrons. The van der Waals surface area contributed by atoms with Crippen LogP contribution in [0.3, 0.4) is 0 Å². The van der Waals surface area contributed by atoms with Gasteiger partial charge in [-0.3, -0.25) is 0 Å². The highest BCUT2D eigenvalue weighted by atomic mass is 32.2. The van der Waals surface area contributed by atoms with Gasteiger partial charge in [0.05, 0.1) is 16.0 Å². The van der Waals surface area contributed by atoms with Gasteiger partial charge in [-0.2, -0.15) is 0 Å². The van der Waals surface area contributed by atoms with Crippen LogP contribution in [0.5, 0.6) is 0 Å². The summed E-state index contributed by atoms with van der Waals surface area (Å²) in [6.45, 7) is 0. The van der Waals surface area contributed by atoms with Gasteiger partial charge in [-0.15, -0.1) is 0 Å². The Kier molecular flexibility index (Phi) is 1.89. The smallest absolute Gasteiger partial charge is 0.202 e. The van der Waals surface area contributed by atoms with Crippen molar-refractivity contribution in [1.29, 1.82) is 0 Å². The minimum atomic E-state index is -3.20. The third-order valence-electron chi connectivity index (χ3n) is 2.22. The molecule has 4 heteroatoms. The van der Waals surface area contributed by atoms with Gasteiger partial charge in [0.15, 0.2) is 0 Å². The molecule has 1 aromatic rings. The zero-order chi connectivity index (χ0) is 10.3. The van der Waals surface area contributed by atoms with Gasteiger partial charge in [-0.05, 0) is 6.07 Å². The number of fused-ring (bicyclic) bond motifs is 1. The predicted molar refractivity (Wildman–Crippen MR) is 55.3 cm³/mol. The van der Waals surface area contributed by atoms with Gasteiger partial charge in [0.2, 0.25) is 9.84 Å². The van der Waals surface area contributed by atoms with Gasteiger partial charge >= 0.3 is 0 Å². The number of benzene rings is 1. The lowest BCUT2D eigenvalue weighted by molar-refractivity contribution is 0.592. The molecule has 1 aliphatic rings. The van der Waals surface area contributed by atoms with E-state index in [1.54, 1.807) is 12.1 Å². The maximum atomic E-state index is 11.7. The molecule has 1 aromatic carbocycles. The van der Waals surface area contributed by atoms with Gasteiger partial charge in [-0.25, -0.2) is 8.42 Å². The third kappa shape index (κ3) is 1.23. The Balaban J connectivity index is 2.73. The molecule has 0 saturated carbocycles. The van der Waals surface area contributed by atoms with Crippen LogP contribution in [-0.2, 0) is 9.84 Å². The summed E-state index contributed by atoms with van der Waals surface area (Å²) in [4.78, 5) is 2.22. The van der Waals surface area contributed by atoms with Gasteiger partial charge < -0.3 is 4.90 Å². The molecule has 0 amide bonds. The molecular weight excluding hydrogens is 198 g/mol. The summed E-state index contributed by atoms with van der Waals surface area (Å²) in [7, 11) is 0.470. The molecule has 0 aliphatic carbocycles. The first kappa shape index (κ1) is 9.27. The molecule has 0 unspecified atom stereocenters. The molecule has 1 aliphatic heterocycles. The average molecular weight is 209 g/mol. The standard InChI is InChI=1S/C10H11NO2S/c1-11(2)9-7-14(12,13)10-6-4-3-5-8(9)10/h3-7H,1-2H3. The zero-order valence-corrected chi connectivity index (χ0v) is 8.88. The van der Waals surface area contributed by atoms with E-state index in [1.807, 2.05) is 31.1 Å². The number of sulfone groups is 1. The van der Waals surface area contributed by atoms with E-state index in [0.29, 0.717) is 4.90 Å². The zero-order valence-electron chi connectivity index (χ0n) is 8.06. The van der Waals surface area contributed by atoms with Crippen LogP contribution in [0.2, 0.25) is 0 Å². The topological polar surface area (TPSA) is 37.4 Å². The number of hydrogen-bond acceptors (Lipinski definition) is 3. The second kappa shape index (κ2) is 2.85. The third-order valence-corrected chi connectivity index (χ3v) is 3.72. The second-order valence-electron chi connectivity index (χ2n) is 3.44. The van der Waals surface area contributed by atoms with E-state index in [9.17, 15) is 8.42 Å². The molecule has 1 heterocycles. The first-order valence-corrected chi connectivity index (χ1v) is 5.80. The first-order chi connectivity index (χ1) is 6.52. The minimum absolute atomic E-state index is 0.406. The Hall–Kier alpha value is -1.29. The van der Waals surface area contributed by atoms with Crippen molar-refractivity contribution in [2.75, 3.05) is 14.1 Å². The molecule has 74 valence electrons. The van der Waals surface area contributed by atoms with E-state index in [-0.39, 0.29) is 0 Å². The number of nitrogens with zero attached hydrogens (tertiary/aromatic N) is 1. The van der Waals surface area contributed by atoms with E-state index in [2.05, 4.69) is 0 Å². The van der Waals surface area contributed by atoms with Crippen LogP contribution >= 0.6 is 0 Å². The van der Waals surface area contributed by atoms with Crippen molar-refractivity contribution < 1.29 is 8.42 Å². The van der Waals surface area contributed by atoms with Gasteiger partial charge in [0.1, 0.15) is 0 Å². The molecule has 0 fully saturated rings. The van der Waals surface area contributed by atoms with Crippen LogP contribution in [0.25, 0.3) is 5.70 Å². The first-order valence-electron chi connectivity index (χ1n) is 4.26. The average Bonchev–Trinajstić information content (AvgIpc) is 2.40. The molecule has 0 saturated heterocycles. The van der Waals surface area contributed by atoms with Crippen LogP contribution < -0.4 is 0 Å². The quantitative estimate of drug-likeness (QED) is 0.700. The van der Waals surface area contributed by atoms with E-state index in [1.165, 1.54) is 5.41 Å². The molecule has 3 nitrogen and oxygen atoms in total. The maximum Gasteiger partial charge on any atom is 0.202 e. The SMILES string of the molecule is CN(C)C1=CS(=O)(=O)c2ccccc21. The Morgan fingerprint density at radius 3 is 2.43 bits per heavy atom. The summed E-state index contributed by atoms with van der Waals surface area (Å²) in [6.07, 6.45) is 0. The van der Waals surface area contributed by atoms with Crippen LogP contribution in [0.15, 0.2) is 34.6 Å². The van der Waals surface area contributed by atoms with Crippen molar-refractivity contribution in [3.05, 3.63) is 35.2 Å². The molecule has 0 atom stereocenters. The Labute approximate surface area is 83.6 Å². The second-order valence-corrected chi connectivity index (χ2v) is 5.20. The van der Waals surface area contributed by atoms with Crippen molar-refractivity contribution in [2.45, 2.75) is 4.90 Å². The maximum absolute atomic E-state index is 11.7. The van der Waals surface area contributed by atoms with Gasteiger partial charge in [0.25, 0.3) is 0 Å². The Morgan fingerprint density at radius 1 is 1.14 bits per heavy atom. The minimum Gasteiger partial charge on any atom is -0.377 e. The number of hydrogen-bond donors (Lipinski definition) is 0. The fourth-order valence-corrected chi connectivity index (χ4v) is 3.05. The summed E-state index contributed by atoms with van der Waals surface area (Å²) in [5.41, 5.74) is 1.54. The molecule has 0 aromatic heterocycles. The van der Waals surface area contributed by atoms with Crippen LogP contribution in [0, 0.1) is 0 Å². The molecule has 2 rings (SSSR count). The summed E-state index contributed by atoms with van der Waals surface area (Å²) in [5, 5.41) is 1.32. The fraction of sp³-hybridized carbons (Fsp3) is 0.200. The molecule has 0 spiro atoms. The largest absolute Gasteiger partial charge is 0.377 e. The van der Waals surface area contributed by atoms with Crippen molar-refractivity contribution >= 4 is 15.5 Å². The highest BCUT2D eigenvalue weighted by Crippen LogP contribution is 2.33. The Morgan fingerprint density at radius 2 is 1.79 bits per heavy atom. The highest BCUT2D eigenvalue weighted by molar-refractivity contribution is 7.94. The summed E-state index contributed by atoms with van der Waals surface area (Å²) in [6, 6.07) is 7.04. The lowest BCUT2D eigenvalue weighted by Crippen LogP contribution is -2.08. The van der Waals surface area contributed by atoms with E-state index in [4.69, 9.17) is 0 Å². The molecule has 0 N–H and O–H groups in total. The highest BCUT2D eigenvalue weighted by Gasteiger charge is 2.26. The van der Waals surface area contributed by atoms with Crippen molar-refractivity contribution in [3.8, 4) is 0 Å². The van der Waals surface area contributed by atoms with Gasteiger partial charge in [0, 0.05) is 19.7 Å². The lowest BCUT2D eigenvalue weighted by Gasteiger charge is -2.13.